The summed E-state index contributed by atoms with van der Waals surface area (Å²) in [6.07, 6.45) is 0. The fraction of sp³-hybridized carbons (Fsp3) is 0.250. The lowest BCUT2D eigenvalue weighted by molar-refractivity contribution is -0.117. The van der Waals surface area contributed by atoms with Gasteiger partial charge in [-0.25, -0.2) is 9.78 Å². The van der Waals surface area contributed by atoms with E-state index in [1.807, 2.05) is 41.1 Å². The SMILES string of the molecule is CCn1c(SCC(=O)NC(N)=O)nc2ccccc21. The first-order chi connectivity index (χ1) is 9.11. The number of aromatic nitrogens is 2. The van der Waals surface area contributed by atoms with E-state index in [4.69, 9.17) is 5.73 Å². The Bertz CT molecular complexity index is 623. The smallest absolute Gasteiger partial charge is 0.318 e. The topological polar surface area (TPSA) is 90.0 Å². The van der Waals surface area contributed by atoms with E-state index in [1.165, 1.54) is 11.8 Å². The molecule has 19 heavy (non-hydrogen) atoms. The van der Waals surface area contributed by atoms with E-state index in [-0.39, 0.29) is 5.75 Å². The third kappa shape index (κ3) is 3.05. The molecule has 2 rings (SSSR count). The van der Waals surface area contributed by atoms with Crippen molar-refractivity contribution in [3.8, 4) is 0 Å². The van der Waals surface area contributed by atoms with Crippen molar-refractivity contribution in [1.29, 1.82) is 0 Å². The average Bonchev–Trinajstić information content (AvgIpc) is 2.73. The monoisotopic (exact) mass is 278 g/mol. The predicted molar refractivity (Wildman–Crippen MR) is 73.9 cm³/mol. The Labute approximate surface area is 114 Å². The second-order valence-corrected chi connectivity index (χ2v) is 4.77. The molecule has 0 spiro atoms. The molecule has 0 unspecified atom stereocenters. The molecule has 0 saturated heterocycles. The first kappa shape index (κ1) is 13.4. The standard InChI is InChI=1S/C12H14N4O2S/c1-2-16-9-6-4-3-5-8(9)14-12(16)19-7-10(17)15-11(13)18/h3-6H,2,7H2,1H3,(H3,13,15,17,18). The fourth-order valence-corrected chi connectivity index (χ4v) is 2.65. The van der Waals surface area contributed by atoms with E-state index in [1.54, 1.807) is 0 Å². The number of hydrogen-bond acceptors (Lipinski definition) is 4. The van der Waals surface area contributed by atoms with E-state index >= 15 is 0 Å². The summed E-state index contributed by atoms with van der Waals surface area (Å²) in [6.45, 7) is 2.78. The fourth-order valence-electron chi connectivity index (χ4n) is 1.77. The number of para-hydroxylation sites is 2. The molecule has 7 heteroatoms. The molecule has 0 bridgehead atoms. The largest absolute Gasteiger partial charge is 0.351 e. The van der Waals surface area contributed by atoms with E-state index in [0.717, 1.165) is 22.7 Å². The number of nitrogens with two attached hydrogens (primary N) is 1. The lowest BCUT2D eigenvalue weighted by Crippen LogP contribution is -2.36. The van der Waals surface area contributed by atoms with Crippen molar-refractivity contribution in [2.24, 2.45) is 5.73 Å². The number of imidazole rings is 1. The zero-order valence-corrected chi connectivity index (χ0v) is 11.2. The molecule has 0 atom stereocenters. The summed E-state index contributed by atoms with van der Waals surface area (Å²) in [5, 5.41) is 2.78. The zero-order valence-electron chi connectivity index (χ0n) is 10.4. The van der Waals surface area contributed by atoms with Crippen molar-refractivity contribution in [1.82, 2.24) is 14.9 Å². The van der Waals surface area contributed by atoms with Crippen LogP contribution in [-0.2, 0) is 11.3 Å². The van der Waals surface area contributed by atoms with Crippen LogP contribution >= 0.6 is 11.8 Å². The quantitative estimate of drug-likeness (QED) is 0.826. The maximum atomic E-state index is 11.4. The van der Waals surface area contributed by atoms with Gasteiger partial charge in [-0.2, -0.15) is 0 Å². The highest BCUT2D eigenvalue weighted by Gasteiger charge is 2.12. The summed E-state index contributed by atoms with van der Waals surface area (Å²) in [6, 6.07) is 6.94. The Balaban J connectivity index is 2.16. The number of benzene rings is 1. The number of nitrogens with zero attached hydrogens (tertiary/aromatic N) is 2. The lowest BCUT2D eigenvalue weighted by Gasteiger charge is -2.05. The first-order valence-corrected chi connectivity index (χ1v) is 6.77. The molecule has 1 heterocycles. The minimum Gasteiger partial charge on any atom is -0.351 e. The first-order valence-electron chi connectivity index (χ1n) is 5.79. The van der Waals surface area contributed by atoms with Crippen LogP contribution in [0, 0.1) is 0 Å². The number of rotatable bonds is 4. The van der Waals surface area contributed by atoms with Crippen LogP contribution in [0.15, 0.2) is 29.4 Å². The van der Waals surface area contributed by atoms with Gasteiger partial charge >= 0.3 is 6.03 Å². The molecule has 1 aromatic carbocycles. The van der Waals surface area contributed by atoms with Crippen LogP contribution < -0.4 is 11.1 Å². The normalized spacial score (nSPS) is 10.6. The van der Waals surface area contributed by atoms with Crippen LogP contribution in [0.25, 0.3) is 11.0 Å². The van der Waals surface area contributed by atoms with Gasteiger partial charge < -0.3 is 10.3 Å². The van der Waals surface area contributed by atoms with Crippen LogP contribution in [-0.4, -0.2) is 27.2 Å². The van der Waals surface area contributed by atoms with Gasteiger partial charge in [0.25, 0.3) is 0 Å². The number of fused-ring (bicyclic) bond motifs is 1. The number of carbonyl (C=O) groups excluding carboxylic acids is 2. The molecule has 100 valence electrons. The molecule has 0 aliphatic rings. The molecular weight excluding hydrogens is 264 g/mol. The van der Waals surface area contributed by atoms with Crippen molar-refractivity contribution >= 4 is 34.7 Å². The van der Waals surface area contributed by atoms with E-state index in [9.17, 15) is 9.59 Å². The molecule has 6 nitrogen and oxygen atoms in total. The minimum atomic E-state index is -0.838. The number of carbonyl (C=O) groups is 2. The van der Waals surface area contributed by atoms with Crippen LogP contribution in [0.5, 0.6) is 0 Å². The van der Waals surface area contributed by atoms with Crippen molar-refractivity contribution < 1.29 is 9.59 Å². The van der Waals surface area contributed by atoms with Crippen molar-refractivity contribution in [3.63, 3.8) is 0 Å². The maximum absolute atomic E-state index is 11.4. The van der Waals surface area contributed by atoms with Gasteiger partial charge in [-0.1, -0.05) is 23.9 Å². The number of aryl methyl sites for hydroxylation is 1. The number of urea groups is 1. The van der Waals surface area contributed by atoms with Gasteiger partial charge in [0.05, 0.1) is 16.8 Å². The third-order valence-electron chi connectivity index (χ3n) is 2.53. The number of imide groups is 1. The van der Waals surface area contributed by atoms with Gasteiger partial charge in [0.15, 0.2) is 5.16 Å². The van der Waals surface area contributed by atoms with Gasteiger partial charge in [-0.3, -0.25) is 10.1 Å². The molecule has 1 aromatic heterocycles. The Morgan fingerprint density at radius 2 is 2.16 bits per heavy atom. The van der Waals surface area contributed by atoms with Crippen LogP contribution in [0.3, 0.4) is 0 Å². The predicted octanol–water partition coefficient (Wildman–Crippen LogP) is 1.34. The molecule has 2 aromatic rings. The van der Waals surface area contributed by atoms with Crippen LogP contribution in [0.2, 0.25) is 0 Å². The van der Waals surface area contributed by atoms with Crippen molar-refractivity contribution in [3.05, 3.63) is 24.3 Å². The highest BCUT2D eigenvalue weighted by atomic mass is 32.2. The summed E-state index contributed by atoms with van der Waals surface area (Å²) in [4.78, 5) is 26.4. The van der Waals surface area contributed by atoms with Gasteiger partial charge in [0.1, 0.15) is 0 Å². The van der Waals surface area contributed by atoms with E-state index < -0.39 is 11.9 Å². The minimum absolute atomic E-state index is 0.103. The van der Waals surface area contributed by atoms with Crippen molar-refractivity contribution in [2.75, 3.05) is 5.75 Å². The third-order valence-corrected chi connectivity index (χ3v) is 3.51. The number of hydrogen-bond donors (Lipinski definition) is 2. The van der Waals surface area contributed by atoms with E-state index in [0.29, 0.717) is 0 Å². The summed E-state index contributed by atoms with van der Waals surface area (Å²) >= 11 is 1.28. The molecule has 0 aliphatic heterocycles. The summed E-state index contributed by atoms with van der Waals surface area (Å²) in [7, 11) is 0. The Hall–Kier alpha value is -2.02. The summed E-state index contributed by atoms with van der Waals surface area (Å²) in [5.41, 5.74) is 6.80. The Morgan fingerprint density at radius 1 is 1.42 bits per heavy atom. The van der Waals surface area contributed by atoms with Crippen molar-refractivity contribution in [2.45, 2.75) is 18.6 Å². The molecular formula is C12H14N4O2S. The molecule has 3 N–H and O–H groups in total. The highest BCUT2D eigenvalue weighted by Crippen LogP contribution is 2.23. The molecule has 0 saturated carbocycles. The summed E-state index contributed by atoms with van der Waals surface area (Å²) < 4.78 is 2.03. The Morgan fingerprint density at radius 3 is 2.84 bits per heavy atom. The maximum Gasteiger partial charge on any atom is 0.318 e. The Kier molecular flexibility index (Phi) is 4.06. The average molecular weight is 278 g/mol. The molecule has 3 amide bonds. The van der Waals surface area contributed by atoms with Crippen LogP contribution in [0.1, 0.15) is 6.92 Å². The van der Waals surface area contributed by atoms with Gasteiger partial charge in [0, 0.05) is 6.54 Å². The van der Waals surface area contributed by atoms with E-state index in [2.05, 4.69) is 4.98 Å². The molecule has 0 fully saturated rings. The second-order valence-electron chi connectivity index (χ2n) is 3.83. The van der Waals surface area contributed by atoms with Gasteiger partial charge in [0.2, 0.25) is 5.91 Å². The molecule has 0 aliphatic carbocycles. The number of thioether (sulfide) groups is 1. The second kappa shape index (κ2) is 5.75. The number of nitrogens with one attached hydrogen (secondary N) is 1. The van der Waals surface area contributed by atoms with Crippen LogP contribution in [0.4, 0.5) is 4.79 Å². The number of primary amides is 1. The summed E-state index contributed by atoms with van der Waals surface area (Å²) in [5.74, 6) is -0.320. The molecule has 0 radical (unpaired) electrons. The number of amides is 3. The zero-order chi connectivity index (χ0) is 13.8. The highest BCUT2D eigenvalue weighted by molar-refractivity contribution is 7.99. The van der Waals surface area contributed by atoms with Gasteiger partial charge in [-0.05, 0) is 19.1 Å². The van der Waals surface area contributed by atoms with Gasteiger partial charge in [-0.15, -0.1) is 0 Å². The lowest BCUT2D eigenvalue weighted by atomic mass is 10.3.